The Balaban J connectivity index is 1.88. The second kappa shape index (κ2) is 12.4. The van der Waals surface area contributed by atoms with Crippen LogP contribution in [-0.4, -0.2) is 78.8 Å². The lowest BCUT2D eigenvalue weighted by molar-refractivity contribution is 0.00989. The van der Waals surface area contributed by atoms with Crippen LogP contribution in [0.5, 0.6) is 17.2 Å². The fourth-order valence-electron chi connectivity index (χ4n) is 3.44. The Kier molecular flexibility index (Phi) is 9.87. The number of guanidine groups is 1. The maximum atomic E-state index is 5.94. The van der Waals surface area contributed by atoms with Gasteiger partial charge in [-0.1, -0.05) is 0 Å². The van der Waals surface area contributed by atoms with E-state index in [0.29, 0.717) is 29.9 Å². The minimum atomic E-state index is 0.316. The van der Waals surface area contributed by atoms with Crippen LogP contribution in [0.25, 0.3) is 0 Å². The van der Waals surface area contributed by atoms with E-state index in [-0.39, 0.29) is 0 Å². The van der Waals surface area contributed by atoms with Gasteiger partial charge in [0.2, 0.25) is 5.75 Å². The molecule has 0 radical (unpaired) electrons. The van der Waals surface area contributed by atoms with Gasteiger partial charge >= 0.3 is 0 Å². The van der Waals surface area contributed by atoms with E-state index in [0.717, 1.165) is 57.1 Å². The summed E-state index contributed by atoms with van der Waals surface area (Å²) in [6.45, 7) is 3.95. The highest BCUT2D eigenvalue weighted by molar-refractivity contribution is 5.80. The zero-order valence-corrected chi connectivity index (χ0v) is 18.3. The maximum absolute atomic E-state index is 5.94. The second-order valence-electron chi connectivity index (χ2n) is 6.84. The van der Waals surface area contributed by atoms with E-state index in [1.807, 2.05) is 19.2 Å². The molecular formula is C21H35N3O5. The molecule has 1 aromatic rings. The molecule has 0 aromatic heterocycles. The van der Waals surface area contributed by atoms with Gasteiger partial charge in [-0.3, -0.25) is 4.99 Å². The zero-order chi connectivity index (χ0) is 21.1. The Morgan fingerprint density at radius 2 is 1.69 bits per heavy atom. The van der Waals surface area contributed by atoms with Crippen molar-refractivity contribution in [2.24, 2.45) is 4.99 Å². The molecule has 1 aromatic carbocycles. The number of hydrogen-bond donors (Lipinski definition) is 1. The highest BCUT2D eigenvalue weighted by Gasteiger charge is 2.22. The van der Waals surface area contributed by atoms with Crippen molar-refractivity contribution >= 4 is 5.96 Å². The van der Waals surface area contributed by atoms with E-state index in [2.05, 4.69) is 15.2 Å². The van der Waals surface area contributed by atoms with Crippen LogP contribution in [0.2, 0.25) is 0 Å². The highest BCUT2D eigenvalue weighted by Crippen LogP contribution is 2.38. The lowest BCUT2D eigenvalue weighted by atomic mass is 10.1. The number of benzene rings is 1. The van der Waals surface area contributed by atoms with E-state index in [1.165, 1.54) is 0 Å². The fraction of sp³-hybridized carbons (Fsp3) is 0.667. The van der Waals surface area contributed by atoms with Crippen LogP contribution >= 0.6 is 0 Å². The number of piperidine rings is 1. The van der Waals surface area contributed by atoms with Crippen LogP contribution in [0.4, 0.5) is 0 Å². The topological polar surface area (TPSA) is 73.8 Å². The predicted octanol–water partition coefficient (Wildman–Crippen LogP) is 2.31. The molecule has 1 fully saturated rings. The Bertz CT molecular complexity index is 620. The van der Waals surface area contributed by atoms with E-state index in [1.54, 1.807) is 28.4 Å². The first-order chi connectivity index (χ1) is 14.2. The second-order valence-corrected chi connectivity index (χ2v) is 6.84. The zero-order valence-electron chi connectivity index (χ0n) is 18.3. The number of methoxy groups -OCH3 is 4. The summed E-state index contributed by atoms with van der Waals surface area (Å²) in [6, 6.07) is 3.89. The van der Waals surface area contributed by atoms with Crippen molar-refractivity contribution in [3.63, 3.8) is 0 Å². The normalized spacial score (nSPS) is 15.3. The van der Waals surface area contributed by atoms with Crippen LogP contribution in [0.1, 0.15) is 24.8 Å². The molecule has 1 saturated heterocycles. The first kappa shape index (κ1) is 23.1. The largest absolute Gasteiger partial charge is 0.493 e. The number of nitrogens with one attached hydrogen (secondary N) is 1. The third kappa shape index (κ3) is 6.68. The van der Waals surface area contributed by atoms with E-state index in [4.69, 9.17) is 23.7 Å². The molecular weight excluding hydrogens is 374 g/mol. The molecule has 8 heteroatoms. The molecule has 0 spiro atoms. The van der Waals surface area contributed by atoms with Crippen LogP contribution in [0.15, 0.2) is 17.1 Å². The Morgan fingerprint density at radius 3 is 2.21 bits per heavy atom. The quantitative estimate of drug-likeness (QED) is 0.361. The average molecular weight is 410 g/mol. The molecule has 0 saturated carbocycles. The summed E-state index contributed by atoms with van der Waals surface area (Å²) in [6.07, 6.45) is 3.25. The molecule has 0 unspecified atom stereocenters. The van der Waals surface area contributed by atoms with Crippen LogP contribution in [-0.2, 0) is 16.0 Å². The van der Waals surface area contributed by atoms with Crippen LogP contribution in [0.3, 0.4) is 0 Å². The van der Waals surface area contributed by atoms with Gasteiger partial charge in [0.15, 0.2) is 17.5 Å². The first-order valence-corrected chi connectivity index (χ1v) is 10.0. The molecule has 1 aliphatic heterocycles. The van der Waals surface area contributed by atoms with Gasteiger partial charge < -0.3 is 33.9 Å². The molecule has 164 valence electrons. The van der Waals surface area contributed by atoms with Crippen molar-refractivity contribution in [2.75, 3.05) is 61.8 Å². The van der Waals surface area contributed by atoms with E-state index < -0.39 is 0 Å². The van der Waals surface area contributed by atoms with Gasteiger partial charge in [0, 0.05) is 47.0 Å². The predicted molar refractivity (Wildman–Crippen MR) is 113 cm³/mol. The summed E-state index contributed by atoms with van der Waals surface area (Å²) >= 11 is 0. The van der Waals surface area contributed by atoms with Crippen molar-refractivity contribution in [3.05, 3.63) is 17.7 Å². The molecule has 0 aliphatic carbocycles. The van der Waals surface area contributed by atoms with Crippen molar-refractivity contribution in [2.45, 2.75) is 31.9 Å². The van der Waals surface area contributed by atoms with Gasteiger partial charge in [-0.2, -0.15) is 0 Å². The number of aliphatic imine (C=N–C) groups is 1. The number of ether oxygens (including phenoxy) is 5. The maximum Gasteiger partial charge on any atom is 0.203 e. The highest BCUT2D eigenvalue weighted by atomic mass is 16.5. The molecule has 2 rings (SSSR count). The third-order valence-electron chi connectivity index (χ3n) is 4.97. The smallest absolute Gasteiger partial charge is 0.203 e. The van der Waals surface area contributed by atoms with Gasteiger partial charge in [-0.25, -0.2) is 0 Å². The average Bonchev–Trinajstić information content (AvgIpc) is 2.77. The van der Waals surface area contributed by atoms with Crippen molar-refractivity contribution in [3.8, 4) is 17.2 Å². The molecule has 8 nitrogen and oxygen atoms in total. The number of rotatable bonds is 10. The monoisotopic (exact) mass is 409 g/mol. The van der Waals surface area contributed by atoms with E-state index >= 15 is 0 Å². The minimum Gasteiger partial charge on any atom is -0.493 e. The number of nitrogens with zero attached hydrogens (tertiary/aromatic N) is 2. The SMILES string of the molecule is CN=C(NCc1cc(OC)c(OC)c(OC)c1)N1CCC(OCCCOC)CC1. The molecule has 1 aliphatic rings. The summed E-state index contributed by atoms with van der Waals surface area (Å²) in [5.74, 6) is 2.77. The Hall–Kier alpha value is -2.19. The lowest BCUT2D eigenvalue weighted by Gasteiger charge is -2.34. The van der Waals surface area contributed by atoms with Gasteiger partial charge in [0.25, 0.3) is 0 Å². The van der Waals surface area contributed by atoms with Crippen molar-refractivity contribution < 1.29 is 23.7 Å². The molecule has 0 amide bonds. The Labute approximate surface area is 174 Å². The van der Waals surface area contributed by atoms with Crippen LogP contribution < -0.4 is 19.5 Å². The minimum absolute atomic E-state index is 0.316. The fourth-order valence-corrected chi connectivity index (χ4v) is 3.44. The summed E-state index contributed by atoms with van der Waals surface area (Å²) in [4.78, 5) is 6.71. The van der Waals surface area contributed by atoms with Gasteiger partial charge in [0.05, 0.1) is 27.4 Å². The number of hydrogen-bond acceptors (Lipinski definition) is 6. The van der Waals surface area contributed by atoms with Gasteiger partial charge in [-0.05, 0) is 37.0 Å². The molecule has 1 N–H and O–H groups in total. The summed E-state index contributed by atoms with van der Waals surface area (Å²) in [7, 11) is 8.37. The lowest BCUT2D eigenvalue weighted by Crippen LogP contribution is -2.46. The molecule has 1 heterocycles. The molecule has 0 bridgehead atoms. The summed E-state index contributed by atoms with van der Waals surface area (Å²) in [5, 5.41) is 3.44. The van der Waals surface area contributed by atoms with Gasteiger partial charge in [-0.15, -0.1) is 0 Å². The molecule has 0 atom stereocenters. The van der Waals surface area contributed by atoms with Crippen molar-refractivity contribution in [1.82, 2.24) is 10.2 Å². The third-order valence-corrected chi connectivity index (χ3v) is 4.97. The molecule has 29 heavy (non-hydrogen) atoms. The van der Waals surface area contributed by atoms with Crippen molar-refractivity contribution in [1.29, 1.82) is 0 Å². The van der Waals surface area contributed by atoms with Gasteiger partial charge in [0.1, 0.15) is 0 Å². The Morgan fingerprint density at radius 1 is 1.03 bits per heavy atom. The summed E-state index contributed by atoms with van der Waals surface area (Å²) in [5.41, 5.74) is 1.03. The standard InChI is InChI=1S/C21H35N3O5/c1-22-21(24-9-7-17(8-10-24)29-12-6-11-25-2)23-15-16-13-18(26-3)20(28-5)19(14-16)27-4/h13-14,17H,6-12,15H2,1-5H3,(H,22,23). The first-order valence-electron chi connectivity index (χ1n) is 10.0. The van der Waals surface area contributed by atoms with Crippen LogP contribution in [0, 0.1) is 0 Å². The van der Waals surface area contributed by atoms with E-state index in [9.17, 15) is 0 Å². The summed E-state index contributed by atoms with van der Waals surface area (Å²) < 4.78 is 27.3. The number of likely N-dealkylation sites (tertiary alicyclic amines) is 1.